The molecule has 0 aliphatic heterocycles. The molecule has 0 saturated carbocycles. The third kappa shape index (κ3) is 3.24. The van der Waals surface area contributed by atoms with E-state index in [0.717, 1.165) is 16.6 Å². The molecule has 1 amide bonds. The predicted molar refractivity (Wildman–Crippen MR) is 104 cm³/mol. The van der Waals surface area contributed by atoms with Gasteiger partial charge in [0, 0.05) is 7.05 Å². The SMILES string of the molecule is CCc1cccc2sc(=NC(=O)c3ccccc3S(=O)(=O)CC)n(C)c12. The number of nitrogens with zero attached hydrogens (tertiary/aromatic N) is 2. The first-order valence-electron chi connectivity index (χ1n) is 8.37. The lowest BCUT2D eigenvalue weighted by molar-refractivity contribution is 0.0995. The number of para-hydroxylation sites is 1. The maximum atomic E-state index is 12.7. The second-order valence-corrected chi connectivity index (χ2v) is 9.13. The molecule has 0 fully saturated rings. The van der Waals surface area contributed by atoms with Crippen LogP contribution in [0.1, 0.15) is 29.8 Å². The minimum absolute atomic E-state index is 0.0364. The number of sulfone groups is 1. The van der Waals surface area contributed by atoms with E-state index in [2.05, 4.69) is 18.0 Å². The second kappa shape index (κ2) is 7.17. The van der Waals surface area contributed by atoms with Gasteiger partial charge in [0.25, 0.3) is 5.91 Å². The molecule has 0 spiro atoms. The Hall–Kier alpha value is -2.25. The molecule has 0 aliphatic rings. The number of benzene rings is 2. The minimum atomic E-state index is -3.50. The summed E-state index contributed by atoms with van der Waals surface area (Å²) in [4.78, 5) is 17.6. The van der Waals surface area contributed by atoms with E-state index in [1.54, 1.807) is 19.1 Å². The molecule has 0 unspecified atom stereocenters. The minimum Gasteiger partial charge on any atom is -0.319 e. The van der Waals surface area contributed by atoms with Crippen molar-refractivity contribution in [2.75, 3.05) is 5.75 Å². The van der Waals surface area contributed by atoms with Gasteiger partial charge in [-0.2, -0.15) is 4.99 Å². The number of aromatic nitrogens is 1. The Morgan fingerprint density at radius 1 is 1.12 bits per heavy atom. The molecule has 0 aliphatic carbocycles. The number of carbonyl (C=O) groups excluding carboxylic acids is 1. The molecule has 3 rings (SSSR count). The van der Waals surface area contributed by atoms with Crippen molar-refractivity contribution in [2.45, 2.75) is 25.2 Å². The van der Waals surface area contributed by atoms with Crippen LogP contribution in [-0.2, 0) is 23.3 Å². The van der Waals surface area contributed by atoms with Gasteiger partial charge in [0.15, 0.2) is 14.6 Å². The van der Waals surface area contributed by atoms with Gasteiger partial charge >= 0.3 is 0 Å². The Morgan fingerprint density at radius 2 is 1.85 bits per heavy atom. The van der Waals surface area contributed by atoms with E-state index in [1.807, 2.05) is 23.7 Å². The second-order valence-electron chi connectivity index (χ2n) is 5.88. The summed E-state index contributed by atoms with van der Waals surface area (Å²) in [6, 6.07) is 12.3. The van der Waals surface area contributed by atoms with Gasteiger partial charge < -0.3 is 4.57 Å². The number of hydrogen-bond donors (Lipinski definition) is 0. The summed E-state index contributed by atoms with van der Waals surface area (Å²) in [5, 5.41) is 0. The summed E-state index contributed by atoms with van der Waals surface area (Å²) >= 11 is 1.42. The number of carbonyl (C=O) groups is 1. The molecule has 3 aromatic rings. The molecule has 136 valence electrons. The van der Waals surface area contributed by atoms with Crippen LogP contribution in [0.2, 0.25) is 0 Å². The van der Waals surface area contributed by atoms with Crippen LogP contribution in [0.3, 0.4) is 0 Å². The lowest BCUT2D eigenvalue weighted by atomic mass is 10.1. The van der Waals surface area contributed by atoms with Crippen LogP contribution >= 0.6 is 11.3 Å². The molecule has 0 atom stereocenters. The van der Waals surface area contributed by atoms with E-state index >= 15 is 0 Å². The van der Waals surface area contributed by atoms with Crippen molar-refractivity contribution in [2.24, 2.45) is 12.0 Å². The van der Waals surface area contributed by atoms with Gasteiger partial charge in [-0.05, 0) is 30.2 Å². The summed E-state index contributed by atoms with van der Waals surface area (Å²) in [7, 11) is -1.62. The quantitative estimate of drug-likeness (QED) is 0.688. The van der Waals surface area contributed by atoms with Crippen molar-refractivity contribution in [3.05, 3.63) is 58.4 Å². The van der Waals surface area contributed by atoms with E-state index < -0.39 is 15.7 Å². The lowest BCUT2D eigenvalue weighted by Gasteiger charge is -2.05. The third-order valence-corrected chi connectivity index (χ3v) is 7.20. The topological polar surface area (TPSA) is 68.5 Å². The van der Waals surface area contributed by atoms with Gasteiger partial charge in [-0.15, -0.1) is 0 Å². The highest BCUT2D eigenvalue weighted by Gasteiger charge is 2.20. The molecule has 1 heterocycles. The fourth-order valence-electron chi connectivity index (χ4n) is 2.89. The Balaban J connectivity index is 2.18. The highest BCUT2D eigenvalue weighted by molar-refractivity contribution is 7.91. The number of hydrogen-bond acceptors (Lipinski definition) is 4. The van der Waals surface area contributed by atoms with Crippen molar-refractivity contribution in [3.63, 3.8) is 0 Å². The summed E-state index contributed by atoms with van der Waals surface area (Å²) in [6.45, 7) is 3.65. The third-order valence-electron chi connectivity index (χ3n) is 4.32. The van der Waals surface area contributed by atoms with Crippen LogP contribution in [0.4, 0.5) is 0 Å². The number of aryl methyl sites for hydroxylation is 2. The summed E-state index contributed by atoms with van der Waals surface area (Å²) < 4.78 is 27.5. The van der Waals surface area contributed by atoms with Crippen molar-refractivity contribution < 1.29 is 13.2 Å². The fraction of sp³-hybridized carbons (Fsp3) is 0.263. The zero-order valence-corrected chi connectivity index (χ0v) is 16.5. The van der Waals surface area contributed by atoms with Crippen molar-refractivity contribution in [1.82, 2.24) is 4.57 Å². The molecular weight excluding hydrogens is 368 g/mol. The molecule has 0 saturated heterocycles. The average molecular weight is 389 g/mol. The van der Waals surface area contributed by atoms with Gasteiger partial charge in [-0.25, -0.2) is 8.42 Å². The fourth-order valence-corrected chi connectivity index (χ4v) is 5.05. The normalized spacial score (nSPS) is 12.7. The van der Waals surface area contributed by atoms with Crippen LogP contribution in [0.25, 0.3) is 10.2 Å². The van der Waals surface area contributed by atoms with Crippen molar-refractivity contribution >= 4 is 37.3 Å². The van der Waals surface area contributed by atoms with Gasteiger partial charge in [0.05, 0.1) is 26.4 Å². The maximum absolute atomic E-state index is 12.7. The zero-order chi connectivity index (χ0) is 18.9. The number of amides is 1. The summed E-state index contributed by atoms with van der Waals surface area (Å²) in [5.74, 6) is -0.605. The van der Waals surface area contributed by atoms with Gasteiger partial charge in [-0.1, -0.05) is 49.4 Å². The lowest BCUT2D eigenvalue weighted by Crippen LogP contribution is -2.16. The predicted octanol–water partition coefficient (Wildman–Crippen LogP) is 3.34. The summed E-state index contributed by atoms with van der Waals surface area (Å²) in [6.07, 6.45) is 0.882. The van der Waals surface area contributed by atoms with Crippen LogP contribution in [-0.4, -0.2) is 24.6 Å². The van der Waals surface area contributed by atoms with Gasteiger partial charge in [0.2, 0.25) is 0 Å². The molecule has 5 nitrogen and oxygen atoms in total. The largest absolute Gasteiger partial charge is 0.319 e. The van der Waals surface area contributed by atoms with Crippen LogP contribution < -0.4 is 4.80 Å². The first-order chi connectivity index (χ1) is 12.4. The Bertz CT molecular complexity index is 1150. The molecule has 2 aromatic carbocycles. The van der Waals surface area contributed by atoms with Crippen LogP contribution in [0.15, 0.2) is 52.4 Å². The molecule has 26 heavy (non-hydrogen) atoms. The van der Waals surface area contributed by atoms with Crippen LogP contribution in [0.5, 0.6) is 0 Å². The van der Waals surface area contributed by atoms with E-state index in [-0.39, 0.29) is 16.2 Å². The van der Waals surface area contributed by atoms with Gasteiger partial charge in [0.1, 0.15) is 0 Å². The van der Waals surface area contributed by atoms with E-state index in [1.165, 1.54) is 29.0 Å². The number of fused-ring (bicyclic) bond motifs is 1. The number of thiazole rings is 1. The summed E-state index contributed by atoms with van der Waals surface area (Å²) in [5.41, 5.74) is 2.35. The Labute approximate surface area is 156 Å². The number of rotatable bonds is 4. The maximum Gasteiger partial charge on any atom is 0.280 e. The Kier molecular flexibility index (Phi) is 5.11. The standard InChI is InChI=1S/C19H20N2O3S2/c1-4-13-9-8-11-15-17(13)21(3)19(25-15)20-18(22)14-10-6-7-12-16(14)26(23,24)5-2/h6-12H,4-5H2,1-3H3. The Morgan fingerprint density at radius 3 is 2.54 bits per heavy atom. The molecule has 7 heteroatoms. The smallest absolute Gasteiger partial charge is 0.280 e. The van der Waals surface area contributed by atoms with E-state index in [4.69, 9.17) is 0 Å². The average Bonchev–Trinajstić information content (AvgIpc) is 2.97. The molecule has 0 bridgehead atoms. The molecule has 1 aromatic heterocycles. The van der Waals surface area contributed by atoms with Gasteiger partial charge in [-0.3, -0.25) is 4.79 Å². The molecule has 0 N–H and O–H groups in total. The van der Waals surface area contributed by atoms with E-state index in [0.29, 0.717) is 4.80 Å². The van der Waals surface area contributed by atoms with Crippen LogP contribution in [0, 0.1) is 0 Å². The van der Waals surface area contributed by atoms with Crippen molar-refractivity contribution in [3.8, 4) is 0 Å². The zero-order valence-electron chi connectivity index (χ0n) is 14.9. The van der Waals surface area contributed by atoms with Crippen molar-refractivity contribution in [1.29, 1.82) is 0 Å². The first-order valence-corrected chi connectivity index (χ1v) is 10.8. The van der Waals surface area contributed by atoms with E-state index in [9.17, 15) is 13.2 Å². The highest BCUT2D eigenvalue weighted by atomic mass is 32.2. The highest BCUT2D eigenvalue weighted by Crippen LogP contribution is 2.22. The first kappa shape index (κ1) is 18.5. The molecular formula is C19H20N2O3S2. The molecule has 0 radical (unpaired) electrons. The monoisotopic (exact) mass is 388 g/mol.